The van der Waals surface area contributed by atoms with Gasteiger partial charge >= 0.3 is 0 Å². The molecular weight excluding hydrogens is 454 g/mol. The van der Waals surface area contributed by atoms with E-state index in [1.807, 2.05) is 0 Å². The lowest BCUT2D eigenvalue weighted by Crippen LogP contribution is -2.13. The summed E-state index contributed by atoms with van der Waals surface area (Å²) in [6, 6.07) is 12.1. The maximum atomic E-state index is 13.2. The largest absolute Gasteiger partial charge is 0.355 e. The van der Waals surface area contributed by atoms with Crippen molar-refractivity contribution in [1.82, 2.24) is 14.9 Å². The molecule has 0 fully saturated rings. The average molecular weight is 466 g/mol. The minimum absolute atomic E-state index is 0.0622. The summed E-state index contributed by atoms with van der Waals surface area (Å²) in [6.07, 6.45) is 1.66. The third-order valence-electron chi connectivity index (χ3n) is 4.17. The Kier molecular flexibility index (Phi) is 5.76. The minimum atomic E-state index is -0.500. The quantitative estimate of drug-likeness (QED) is 0.396. The van der Waals surface area contributed by atoms with Crippen LogP contribution in [0.2, 0.25) is 15.1 Å². The first kappa shape index (κ1) is 20.4. The molecule has 0 aliphatic heterocycles. The Labute approximate surface area is 185 Å². The van der Waals surface area contributed by atoms with Gasteiger partial charge in [0.15, 0.2) is 17.3 Å². The molecule has 10 heteroatoms. The molecule has 6 nitrogen and oxygen atoms in total. The van der Waals surface area contributed by atoms with Crippen molar-refractivity contribution in [3.63, 3.8) is 0 Å². The Morgan fingerprint density at radius 2 is 1.90 bits per heavy atom. The Hall–Kier alpha value is -2.87. The van der Waals surface area contributed by atoms with Crippen molar-refractivity contribution < 1.29 is 13.7 Å². The number of carbonyl (C=O) groups excluding carboxylic acids is 1. The lowest BCUT2D eigenvalue weighted by atomic mass is 10.1. The summed E-state index contributed by atoms with van der Waals surface area (Å²) in [7, 11) is 0. The number of amides is 1. The summed E-state index contributed by atoms with van der Waals surface area (Å²) in [5, 5.41) is 11.8. The first-order valence-electron chi connectivity index (χ1n) is 8.60. The zero-order chi connectivity index (χ0) is 21.3. The maximum Gasteiger partial charge on any atom is 0.279 e. The van der Waals surface area contributed by atoms with E-state index < -0.39 is 11.7 Å². The number of halogens is 4. The number of hydrogen-bond donors (Lipinski definition) is 1. The molecule has 0 saturated heterocycles. The van der Waals surface area contributed by atoms with Gasteiger partial charge in [-0.25, -0.2) is 4.39 Å². The topological polar surface area (TPSA) is 73.0 Å². The van der Waals surface area contributed by atoms with Gasteiger partial charge in [-0.1, -0.05) is 46.0 Å². The molecule has 1 N–H and O–H groups in total. The van der Waals surface area contributed by atoms with Gasteiger partial charge < -0.3 is 9.84 Å². The predicted molar refractivity (Wildman–Crippen MR) is 113 cm³/mol. The Morgan fingerprint density at radius 1 is 1.07 bits per heavy atom. The van der Waals surface area contributed by atoms with E-state index in [2.05, 4.69) is 15.6 Å². The second-order valence-electron chi connectivity index (χ2n) is 6.29. The van der Waals surface area contributed by atoms with Crippen molar-refractivity contribution in [3.05, 3.63) is 86.9 Å². The van der Waals surface area contributed by atoms with E-state index in [0.717, 1.165) is 0 Å². The third kappa shape index (κ3) is 4.48. The maximum absolute atomic E-state index is 13.2. The number of carbonyl (C=O) groups is 1. The fraction of sp³-hybridized carbons (Fsp3) is 0.0500. The second-order valence-corrected chi connectivity index (χ2v) is 7.54. The molecule has 1 amide bonds. The van der Waals surface area contributed by atoms with Crippen molar-refractivity contribution in [2.75, 3.05) is 5.32 Å². The Morgan fingerprint density at radius 3 is 2.67 bits per heavy atom. The van der Waals surface area contributed by atoms with Crippen LogP contribution in [0.15, 0.2) is 59.3 Å². The minimum Gasteiger partial charge on any atom is -0.355 e. The monoisotopic (exact) mass is 464 g/mol. The molecule has 0 spiro atoms. The van der Waals surface area contributed by atoms with Crippen molar-refractivity contribution in [2.45, 2.75) is 6.54 Å². The number of nitrogens with zero attached hydrogens (tertiary/aromatic N) is 3. The van der Waals surface area contributed by atoms with Gasteiger partial charge in [0, 0.05) is 33.9 Å². The molecule has 0 aliphatic carbocycles. The molecule has 0 atom stereocenters. The van der Waals surface area contributed by atoms with E-state index in [1.165, 1.54) is 18.2 Å². The normalized spacial score (nSPS) is 10.9. The fourth-order valence-corrected chi connectivity index (χ4v) is 3.45. The molecule has 2 aromatic carbocycles. The summed E-state index contributed by atoms with van der Waals surface area (Å²) < 4.78 is 20.0. The highest BCUT2D eigenvalue weighted by Gasteiger charge is 2.17. The van der Waals surface area contributed by atoms with Crippen LogP contribution in [0.4, 0.5) is 10.2 Å². The van der Waals surface area contributed by atoms with Crippen LogP contribution >= 0.6 is 34.8 Å². The van der Waals surface area contributed by atoms with Gasteiger partial charge in [-0.3, -0.25) is 9.48 Å². The van der Waals surface area contributed by atoms with E-state index >= 15 is 0 Å². The summed E-state index contributed by atoms with van der Waals surface area (Å²) in [4.78, 5) is 12.5. The van der Waals surface area contributed by atoms with Crippen LogP contribution in [-0.4, -0.2) is 20.8 Å². The molecule has 2 heterocycles. The SMILES string of the molecule is O=C(Nc1ccn(Cc2ccc(F)cc2Cl)n1)c1cc(-c2ccc(Cl)cc2Cl)on1. The number of rotatable bonds is 5. The number of anilines is 1. The number of hydrogen-bond acceptors (Lipinski definition) is 4. The van der Waals surface area contributed by atoms with Gasteiger partial charge in [0.2, 0.25) is 0 Å². The highest BCUT2D eigenvalue weighted by atomic mass is 35.5. The molecular formula is C20H12Cl3FN4O2. The molecule has 152 valence electrons. The molecule has 4 rings (SSSR count). The van der Waals surface area contributed by atoms with Crippen LogP contribution in [0.3, 0.4) is 0 Å². The molecule has 2 aromatic heterocycles. The van der Waals surface area contributed by atoms with E-state index in [1.54, 1.807) is 41.2 Å². The zero-order valence-electron chi connectivity index (χ0n) is 15.1. The van der Waals surface area contributed by atoms with Gasteiger partial charge in [-0.2, -0.15) is 5.10 Å². The molecule has 4 aromatic rings. The Bertz CT molecular complexity index is 1240. The summed E-state index contributed by atoms with van der Waals surface area (Å²) in [5.74, 6) is -0.269. The van der Waals surface area contributed by atoms with Gasteiger partial charge in [-0.15, -0.1) is 0 Å². The van der Waals surface area contributed by atoms with Crippen LogP contribution < -0.4 is 5.32 Å². The second kappa shape index (κ2) is 8.47. The highest BCUT2D eigenvalue weighted by molar-refractivity contribution is 6.36. The summed E-state index contributed by atoms with van der Waals surface area (Å²) in [6.45, 7) is 0.318. The van der Waals surface area contributed by atoms with Crippen molar-refractivity contribution in [1.29, 1.82) is 0 Å². The van der Waals surface area contributed by atoms with Gasteiger partial charge in [0.05, 0.1) is 11.6 Å². The van der Waals surface area contributed by atoms with Gasteiger partial charge in [0.25, 0.3) is 5.91 Å². The zero-order valence-corrected chi connectivity index (χ0v) is 17.3. The fourth-order valence-electron chi connectivity index (χ4n) is 2.72. The van der Waals surface area contributed by atoms with Crippen LogP contribution in [0.5, 0.6) is 0 Å². The molecule has 30 heavy (non-hydrogen) atoms. The first-order chi connectivity index (χ1) is 14.4. The van der Waals surface area contributed by atoms with E-state index in [0.29, 0.717) is 44.3 Å². The number of nitrogens with one attached hydrogen (secondary N) is 1. The highest BCUT2D eigenvalue weighted by Crippen LogP contribution is 2.30. The summed E-state index contributed by atoms with van der Waals surface area (Å²) in [5.41, 5.74) is 1.32. The standard InChI is InChI=1S/C20H12Cl3FN4O2/c21-12-2-4-14(16(23)7-12)18-9-17(27-30-18)20(29)25-19-5-6-28(26-19)10-11-1-3-13(24)8-15(11)22/h1-9H,10H2,(H,25,26,29). The molecule has 0 aliphatic rings. The van der Waals surface area contributed by atoms with Gasteiger partial charge in [0.1, 0.15) is 5.82 Å². The average Bonchev–Trinajstić information content (AvgIpc) is 3.34. The van der Waals surface area contributed by atoms with Crippen LogP contribution in [0, 0.1) is 5.82 Å². The van der Waals surface area contributed by atoms with Crippen LogP contribution in [-0.2, 0) is 6.54 Å². The summed E-state index contributed by atoms with van der Waals surface area (Å²) >= 11 is 18.1. The van der Waals surface area contributed by atoms with E-state index in [4.69, 9.17) is 39.3 Å². The smallest absolute Gasteiger partial charge is 0.279 e. The lowest BCUT2D eigenvalue weighted by molar-refractivity contribution is 0.101. The third-order valence-corrected chi connectivity index (χ3v) is 5.07. The number of benzene rings is 2. The first-order valence-corrected chi connectivity index (χ1v) is 9.73. The lowest BCUT2D eigenvalue weighted by Gasteiger charge is -2.04. The van der Waals surface area contributed by atoms with Crippen molar-refractivity contribution in [2.24, 2.45) is 0 Å². The predicted octanol–water partition coefficient (Wildman–Crippen LogP) is 5.94. The molecule has 0 radical (unpaired) electrons. The van der Waals surface area contributed by atoms with Crippen LogP contribution in [0.1, 0.15) is 16.1 Å². The van der Waals surface area contributed by atoms with Crippen molar-refractivity contribution >= 4 is 46.5 Å². The number of aromatic nitrogens is 3. The van der Waals surface area contributed by atoms with E-state index in [-0.39, 0.29) is 5.69 Å². The van der Waals surface area contributed by atoms with Crippen molar-refractivity contribution in [3.8, 4) is 11.3 Å². The molecule has 0 bridgehead atoms. The van der Waals surface area contributed by atoms with Crippen LogP contribution in [0.25, 0.3) is 11.3 Å². The van der Waals surface area contributed by atoms with E-state index in [9.17, 15) is 9.18 Å². The molecule has 0 unspecified atom stereocenters. The van der Waals surface area contributed by atoms with Gasteiger partial charge in [-0.05, 0) is 35.9 Å². The Balaban J connectivity index is 1.45. The molecule has 0 saturated carbocycles.